The van der Waals surface area contributed by atoms with Gasteiger partial charge in [-0.15, -0.1) is 10.2 Å². The van der Waals surface area contributed by atoms with Crippen LogP contribution in [-0.2, 0) is 13.1 Å². The summed E-state index contributed by atoms with van der Waals surface area (Å²) in [4.78, 5) is 2.38. The van der Waals surface area contributed by atoms with Gasteiger partial charge < -0.3 is 10.3 Å². The van der Waals surface area contributed by atoms with Crippen LogP contribution in [0.4, 0.5) is 0 Å². The summed E-state index contributed by atoms with van der Waals surface area (Å²) < 4.78 is 2.10. The smallest absolute Gasteiger partial charge is 0.147 e. The maximum Gasteiger partial charge on any atom is 0.147 e. The first-order valence-corrected chi connectivity index (χ1v) is 7.68. The molecule has 6 heteroatoms. The van der Waals surface area contributed by atoms with Crippen LogP contribution in [0.25, 0.3) is 0 Å². The Bertz CT molecular complexity index is 612. The number of nitrogens with two attached hydrogens (primary N) is 1. The van der Waals surface area contributed by atoms with Crippen molar-refractivity contribution in [1.29, 1.82) is 0 Å². The van der Waals surface area contributed by atoms with E-state index in [0.29, 0.717) is 0 Å². The van der Waals surface area contributed by atoms with E-state index in [1.807, 2.05) is 18.2 Å². The number of hydrogen-bond donors (Lipinski definition) is 1. The number of nitrogens with zero attached hydrogens (tertiary/aromatic N) is 4. The molecule has 0 saturated carbocycles. The van der Waals surface area contributed by atoms with Gasteiger partial charge in [0.1, 0.15) is 12.2 Å². The summed E-state index contributed by atoms with van der Waals surface area (Å²) in [6, 6.07) is 8.22. The van der Waals surface area contributed by atoms with Crippen LogP contribution in [-0.4, -0.2) is 32.3 Å². The maximum atomic E-state index is 6.40. The highest BCUT2D eigenvalue weighted by molar-refractivity contribution is 6.30. The minimum Gasteiger partial charge on any atom is -0.326 e. The average molecular weight is 306 g/mol. The molecule has 2 atom stereocenters. The molecule has 5 nitrogen and oxygen atoms in total. The molecule has 0 radical (unpaired) electrons. The van der Waals surface area contributed by atoms with Crippen LogP contribution in [0.3, 0.4) is 0 Å². The number of halogens is 1. The second kappa shape index (κ2) is 6.13. The fourth-order valence-electron chi connectivity index (χ4n) is 2.97. The first-order valence-electron chi connectivity index (χ1n) is 7.31. The Morgan fingerprint density at radius 1 is 1.38 bits per heavy atom. The van der Waals surface area contributed by atoms with Gasteiger partial charge in [-0.2, -0.15) is 0 Å². The summed E-state index contributed by atoms with van der Waals surface area (Å²) in [6.45, 7) is 4.73. The summed E-state index contributed by atoms with van der Waals surface area (Å²) in [7, 11) is 0. The summed E-state index contributed by atoms with van der Waals surface area (Å²) in [5, 5.41) is 8.92. The molecule has 2 heterocycles. The van der Waals surface area contributed by atoms with E-state index in [1.54, 1.807) is 6.33 Å². The molecule has 0 spiro atoms. The van der Waals surface area contributed by atoms with Crippen LogP contribution in [0, 0.1) is 0 Å². The molecule has 3 rings (SSSR count). The van der Waals surface area contributed by atoms with Gasteiger partial charge in [0.25, 0.3) is 0 Å². The molecule has 1 aromatic carbocycles. The third-order valence-electron chi connectivity index (χ3n) is 4.13. The SMILES string of the molecule is CCC(N)C(c1cccc(Cl)c1)N1CCn2cnnc2C1. The molecule has 0 fully saturated rings. The third-order valence-corrected chi connectivity index (χ3v) is 4.36. The number of hydrogen-bond acceptors (Lipinski definition) is 4. The van der Waals surface area contributed by atoms with Gasteiger partial charge in [-0.1, -0.05) is 30.7 Å². The Morgan fingerprint density at radius 2 is 2.24 bits per heavy atom. The monoisotopic (exact) mass is 305 g/mol. The standard InChI is InChI=1S/C15H20ClN5/c1-2-13(17)15(11-4-3-5-12(16)8-11)20-6-7-21-10-18-19-14(21)9-20/h3-5,8,10,13,15H,2,6-7,9,17H2,1H3. The zero-order valence-corrected chi connectivity index (χ0v) is 12.9. The van der Waals surface area contributed by atoms with Crippen molar-refractivity contribution in [2.75, 3.05) is 6.54 Å². The van der Waals surface area contributed by atoms with Gasteiger partial charge >= 0.3 is 0 Å². The van der Waals surface area contributed by atoms with E-state index < -0.39 is 0 Å². The van der Waals surface area contributed by atoms with E-state index in [-0.39, 0.29) is 12.1 Å². The Hall–Kier alpha value is -1.43. The molecule has 1 aromatic heterocycles. The van der Waals surface area contributed by atoms with Crippen LogP contribution in [0.1, 0.15) is 30.8 Å². The lowest BCUT2D eigenvalue weighted by molar-refractivity contribution is 0.130. The highest BCUT2D eigenvalue weighted by Crippen LogP contribution is 2.29. The molecule has 1 aliphatic heterocycles. The Morgan fingerprint density at radius 3 is 3.00 bits per heavy atom. The Kier molecular flexibility index (Phi) is 4.24. The first kappa shape index (κ1) is 14.5. The van der Waals surface area contributed by atoms with Crippen molar-refractivity contribution in [2.45, 2.75) is 38.5 Å². The van der Waals surface area contributed by atoms with E-state index in [2.05, 4.69) is 32.7 Å². The number of aromatic nitrogens is 3. The molecular weight excluding hydrogens is 286 g/mol. The lowest BCUT2D eigenvalue weighted by Gasteiger charge is -2.37. The molecule has 0 aliphatic carbocycles. The molecule has 2 unspecified atom stereocenters. The van der Waals surface area contributed by atoms with Crippen molar-refractivity contribution in [2.24, 2.45) is 5.73 Å². The average Bonchev–Trinajstić information content (AvgIpc) is 2.95. The van der Waals surface area contributed by atoms with E-state index in [1.165, 1.54) is 5.56 Å². The third kappa shape index (κ3) is 2.95. The largest absolute Gasteiger partial charge is 0.326 e. The minimum atomic E-state index is 0.0675. The first-order chi connectivity index (χ1) is 10.2. The van der Waals surface area contributed by atoms with Gasteiger partial charge in [0.15, 0.2) is 0 Å². The van der Waals surface area contributed by atoms with Gasteiger partial charge in [0.05, 0.1) is 12.6 Å². The topological polar surface area (TPSA) is 60.0 Å². The summed E-state index contributed by atoms with van der Waals surface area (Å²) >= 11 is 6.15. The zero-order valence-electron chi connectivity index (χ0n) is 12.1. The molecule has 2 N–H and O–H groups in total. The van der Waals surface area contributed by atoms with E-state index in [0.717, 1.165) is 36.9 Å². The van der Waals surface area contributed by atoms with Crippen molar-refractivity contribution >= 4 is 11.6 Å². The number of benzene rings is 1. The molecule has 112 valence electrons. The fraction of sp³-hybridized carbons (Fsp3) is 0.467. The molecule has 0 bridgehead atoms. The van der Waals surface area contributed by atoms with Crippen LogP contribution in [0.5, 0.6) is 0 Å². The van der Waals surface area contributed by atoms with Gasteiger partial charge in [-0.3, -0.25) is 4.90 Å². The van der Waals surface area contributed by atoms with Crippen LogP contribution < -0.4 is 5.73 Å². The van der Waals surface area contributed by atoms with Gasteiger partial charge in [0, 0.05) is 24.2 Å². The van der Waals surface area contributed by atoms with Crippen molar-refractivity contribution in [3.63, 3.8) is 0 Å². The van der Waals surface area contributed by atoms with Crippen molar-refractivity contribution in [3.05, 3.63) is 47.0 Å². The van der Waals surface area contributed by atoms with Crippen molar-refractivity contribution in [1.82, 2.24) is 19.7 Å². The molecule has 1 aliphatic rings. The Balaban J connectivity index is 1.90. The highest BCUT2D eigenvalue weighted by Gasteiger charge is 2.29. The van der Waals surface area contributed by atoms with Crippen LogP contribution >= 0.6 is 11.6 Å². The van der Waals surface area contributed by atoms with Crippen molar-refractivity contribution < 1.29 is 0 Å². The minimum absolute atomic E-state index is 0.0675. The second-order valence-corrected chi connectivity index (χ2v) is 5.92. The molecule has 2 aromatic rings. The molecular formula is C15H20ClN5. The van der Waals surface area contributed by atoms with Crippen LogP contribution in [0.2, 0.25) is 5.02 Å². The van der Waals surface area contributed by atoms with Gasteiger partial charge in [-0.25, -0.2) is 0 Å². The van der Waals surface area contributed by atoms with Crippen molar-refractivity contribution in [3.8, 4) is 0 Å². The molecule has 0 amide bonds. The second-order valence-electron chi connectivity index (χ2n) is 5.48. The fourth-order valence-corrected chi connectivity index (χ4v) is 3.16. The summed E-state index contributed by atoms with van der Waals surface area (Å²) in [6.07, 6.45) is 2.71. The lowest BCUT2D eigenvalue weighted by atomic mass is 9.96. The predicted octanol–water partition coefficient (Wildman–Crippen LogP) is 2.23. The number of fused-ring (bicyclic) bond motifs is 1. The zero-order chi connectivity index (χ0) is 14.8. The number of rotatable bonds is 4. The van der Waals surface area contributed by atoms with Crippen LogP contribution in [0.15, 0.2) is 30.6 Å². The Labute approximate surface area is 129 Å². The molecule has 0 saturated heterocycles. The predicted molar refractivity (Wildman–Crippen MR) is 82.9 cm³/mol. The van der Waals surface area contributed by atoms with Gasteiger partial charge in [0.2, 0.25) is 0 Å². The quantitative estimate of drug-likeness (QED) is 0.941. The summed E-state index contributed by atoms with van der Waals surface area (Å²) in [5.41, 5.74) is 7.57. The highest BCUT2D eigenvalue weighted by atomic mass is 35.5. The maximum absolute atomic E-state index is 6.40. The van der Waals surface area contributed by atoms with E-state index in [4.69, 9.17) is 17.3 Å². The van der Waals surface area contributed by atoms with E-state index in [9.17, 15) is 0 Å². The van der Waals surface area contributed by atoms with Gasteiger partial charge in [-0.05, 0) is 24.1 Å². The summed E-state index contributed by atoms with van der Waals surface area (Å²) in [5.74, 6) is 0.997. The normalized spacial score (nSPS) is 18.2. The molecule has 21 heavy (non-hydrogen) atoms. The lowest BCUT2D eigenvalue weighted by Crippen LogP contribution is -2.44. The van der Waals surface area contributed by atoms with E-state index >= 15 is 0 Å².